The number of nitrogens with one attached hydrogen (secondary N) is 1. The monoisotopic (exact) mass is 260 g/mol. The predicted molar refractivity (Wildman–Crippen MR) is 68.6 cm³/mol. The zero-order chi connectivity index (χ0) is 13.3. The average molecular weight is 260 g/mol. The van der Waals surface area contributed by atoms with Crippen molar-refractivity contribution in [3.8, 4) is 0 Å². The molecule has 1 spiro atoms. The summed E-state index contributed by atoms with van der Waals surface area (Å²) in [7, 11) is 0. The molecule has 0 radical (unpaired) electrons. The van der Waals surface area contributed by atoms with Crippen LogP contribution in [-0.4, -0.2) is 41.9 Å². The fourth-order valence-corrected chi connectivity index (χ4v) is 2.64. The first-order chi connectivity index (χ1) is 9.17. The van der Waals surface area contributed by atoms with Crippen LogP contribution in [0.1, 0.15) is 12.0 Å². The minimum absolute atomic E-state index is 0.178. The largest absolute Gasteiger partial charge is 0.445 e. The van der Waals surface area contributed by atoms with Crippen molar-refractivity contribution in [1.29, 1.82) is 0 Å². The van der Waals surface area contributed by atoms with Crippen LogP contribution in [0, 0.1) is 0 Å². The van der Waals surface area contributed by atoms with E-state index in [0.29, 0.717) is 26.1 Å². The maximum Gasteiger partial charge on any atom is 0.410 e. The Kier molecular flexibility index (Phi) is 2.98. The summed E-state index contributed by atoms with van der Waals surface area (Å²) in [4.78, 5) is 24.7. The summed E-state index contributed by atoms with van der Waals surface area (Å²) in [6, 6.07) is 9.59. The Labute approximate surface area is 111 Å². The number of hydrogen-bond donors (Lipinski definition) is 1. The van der Waals surface area contributed by atoms with E-state index in [1.807, 2.05) is 30.3 Å². The Morgan fingerprint density at radius 1 is 1.32 bits per heavy atom. The van der Waals surface area contributed by atoms with E-state index in [-0.39, 0.29) is 24.0 Å². The second-order valence-corrected chi connectivity index (χ2v) is 5.25. The van der Waals surface area contributed by atoms with Gasteiger partial charge in [0.15, 0.2) is 0 Å². The van der Waals surface area contributed by atoms with E-state index in [2.05, 4.69) is 5.32 Å². The van der Waals surface area contributed by atoms with Crippen molar-refractivity contribution in [2.75, 3.05) is 19.6 Å². The summed E-state index contributed by atoms with van der Waals surface area (Å²) in [6.07, 6.45) is 0.214. The number of ether oxygens (including phenoxy) is 1. The molecule has 2 saturated heterocycles. The first-order valence-corrected chi connectivity index (χ1v) is 6.39. The lowest BCUT2D eigenvalue weighted by Gasteiger charge is -2.46. The average Bonchev–Trinajstić information content (AvgIpc) is 2.78. The minimum Gasteiger partial charge on any atom is -0.445 e. The van der Waals surface area contributed by atoms with Gasteiger partial charge >= 0.3 is 6.09 Å². The van der Waals surface area contributed by atoms with E-state index >= 15 is 0 Å². The predicted octanol–water partition coefficient (Wildman–Crippen LogP) is 0.940. The Balaban J connectivity index is 1.47. The number of rotatable bonds is 2. The number of amides is 1. The molecule has 0 unspecified atom stereocenters. The number of carbonyl (C=O) groups excluding carboxylic acids is 2. The molecule has 3 rings (SSSR count). The molecule has 0 aromatic heterocycles. The van der Waals surface area contributed by atoms with Gasteiger partial charge in [-0.05, 0) is 5.56 Å². The Bertz CT molecular complexity index is 495. The standard InChI is InChI=1S/C14H16N2O3/c17-12-6-14(15-7-12)9-16(10-14)13(18)19-8-11-4-2-1-3-5-11/h1-5,15H,6-10H2. The van der Waals surface area contributed by atoms with E-state index < -0.39 is 0 Å². The van der Waals surface area contributed by atoms with Crippen molar-refractivity contribution in [1.82, 2.24) is 10.2 Å². The molecule has 2 aliphatic rings. The highest BCUT2D eigenvalue weighted by Gasteiger charge is 2.49. The van der Waals surface area contributed by atoms with Gasteiger partial charge in [-0.25, -0.2) is 4.79 Å². The topological polar surface area (TPSA) is 58.6 Å². The zero-order valence-corrected chi connectivity index (χ0v) is 10.6. The third-order valence-corrected chi connectivity index (χ3v) is 3.65. The van der Waals surface area contributed by atoms with E-state index in [0.717, 1.165) is 5.56 Å². The van der Waals surface area contributed by atoms with Gasteiger partial charge in [-0.2, -0.15) is 0 Å². The van der Waals surface area contributed by atoms with E-state index in [9.17, 15) is 9.59 Å². The highest BCUT2D eigenvalue weighted by Crippen LogP contribution is 2.28. The maximum absolute atomic E-state index is 11.8. The number of benzene rings is 1. The van der Waals surface area contributed by atoms with Crippen LogP contribution in [0.2, 0.25) is 0 Å². The lowest BCUT2D eigenvalue weighted by atomic mass is 9.88. The summed E-state index contributed by atoms with van der Waals surface area (Å²) >= 11 is 0. The number of likely N-dealkylation sites (tertiary alicyclic amines) is 1. The Morgan fingerprint density at radius 2 is 2.05 bits per heavy atom. The maximum atomic E-state index is 11.8. The molecular weight excluding hydrogens is 244 g/mol. The number of ketones is 1. The van der Waals surface area contributed by atoms with Crippen molar-refractivity contribution in [2.45, 2.75) is 18.6 Å². The number of Topliss-reactive ketones (excluding diaryl/α,β-unsaturated/α-hetero) is 1. The number of carbonyl (C=O) groups is 2. The summed E-state index contributed by atoms with van der Waals surface area (Å²) in [5, 5.41) is 3.18. The summed E-state index contributed by atoms with van der Waals surface area (Å²) < 4.78 is 5.24. The highest BCUT2D eigenvalue weighted by molar-refractivity contribution is 5.85. The lowest BCUT2D eigenvalue weighted by molar-refractivity contribution is -0.117. The fraction of sp³-hybridized carbons (Fsp3) is 0.429. The summed E-state index contributed by atoms with van der Waals surface area (Å²) in [5.74, 6) is 0.220. The van der Waals surface area contributed by atoms with E-state index in [4.69, 9.17) is 4.74 Å². The highest BCUT2D eigenvalue weighted by atomic mass is 16.6. The van der Waals surface area contributed by atoms with Gasteiger partial charge < -0.3 is 15.0 Å². The van der Waals surface area contributed by atoms with Gasteiger partial charge in [-0.15, -0.1) is 0 Å². The van der Waals surface area contributed by atoms with Gasteiger partial charge in [0.05, 0.1) is 12.1 Å². The van der Waals surface area contributed by atoms with Crippen molar-refractivity contribution in [3.05, 3.63) is 35.9 Å². The van der Waals surface area contributed by atoms with Gasteiger partial charge in [0.2, 0.25) is 0 Å². The van der Waals surface area contributed by atoms with Crippen LogP contribution < -0.4 is 5.32 Å². The Hall–Kier alpha value is -1.88. The first kappa shape index (κ1) is 12.2. The minimum atomic E-state index is -0.310. The molecule has 2 heterocycles. The molecule has 2 fully saturated rings. The van der Waals surface area contributed by atoms with E-state index in [1.54, 1.807) is 4.90 Å². The summed E-state index contributed by atoms with van der Waals surface area (Å²) in [5.41, 5.74) is 0.795. The quantitative estimate of drug-likeness (QED) is 0.859. The molecule has 0 aliphatic carbocycles. The molecule has 100 valence electrons. The molecule has 2 aliphatic heterocycles. The molecule has 0 bridgehead atoms. The normalized spacial score (nSPS) is 20.4. The Morgan fingerprint density at radius 3 is 2.68 bits per heavy atom. The second kappa shape index (κ2) is 4.66. The van der Waals surface area contributed by atoms with Crippen LogP contribution in [0.15, 0.2) is 30.3 Å². The molecule has 0 atom stereocenters. The van der Waals surface area contributed by atoms with Crippen LogP contribution in [0.25, 0.3) is 0 Å². The van der Waals surface area contributed by atoms with Crippen LogP contribution in [0.3, 0.4) is 0 Å². The van der Waals surface area contributed by atoms with Gasteiger partial charge in [-0.1, -0.05) is 30.3 Å². The molecule has 1 aromatic carbocycles. The molecule has 1 amide bonds. The van der Waals surface area contributed by atoms with Gasteiger partial charge in [0.1, 0.15) is 12.4 Å². The molecule has 0 saturated carbocycles. The molecular formula is C14H16N2O3. The first-order valence-electron chi connectivity index (χ1n) is 6.39. The number of nitrogens with zero attached hydrogens (tertiary/aromatic N) is 1. The lowest BCUT2D eigenvalue weighted by Crippen LogP contribution is -2.68. The van der Waals surface area contributed by atoms with Gasteiger partial charge in [0, 0.05) is 19.5 Å². The van der Waals surface area contributed by atoms with Crippen LogP contribution in [0.4, 0.5) is 4.79 Å². The summed E-state index contributed by atoms with van der Waals surface area (Å²) in [6.45, 7) is 1.83. The van der Waals surface area contributed by atoms with Crippen LogP contribution in [0.5, 0.6) is 0 Å². The fourth-order valence-electron chi connectivity index (χ4n) is 2.64. The third-order valence-electron chi connectivity index (χ3n) is 3.65. The zero-order valence-electron chi connectivity index (χ0n) is 10.6. The van der Waals surface area contributed by atoms with E-state index in [1.165, 1.54) is 0 Å². The van der Waals surface area contributed by atoms with Crippen LogP contribution >= 0.6 is 0 Å². The van der Waals surface area contributed by atoms with Crippen molar-refractivity contribution >= 4 is 11.9 Å². The smallest absolute Gasteiger partial charge is 0.410 e. The molecule has 5 nitrogen and oxygen atoms in total. The SMILES string of the molecule is O=C1CNC2(C1)CN(C(=O)OCc1ccccc1)C2. The second-order valence-electron chi connectivity index (χ2n) is 5.25. The van der Waals surface area contributed by atoms with Crippen molar-refractivity contribution in [3.63, 3.8) is 0 Å². The molecule has 1 aromatic rings. The van der Waals surface area contributed by atoms with Gasteiger partial charge in [-0.3, -0.25) is 4.79 Å². The van der Waals surface area contributed by atoms with Crippen molar-refractivity contribution < 1.29 is 14.3 Å². The van der Waals surface area contributed by atoms with Crippen LogP contribution in [-0.2, 0) is 16.1 Å². The van der Waals surface area contributed by atoms with Gasteiger partial charge in [0.25, 0.3) is 0 Å². The third kappa shape index (κ3) is 2.46. The molecule has 19 heavy (non-hydrogen) atoms. The molecule has 1 N–H and O–H groups in total. The molecule has 5 heteroatoms. The number of hydrogen-bond acceptors (Lipinski definition) is 4. The van der Waals surface area contributed by atoms with Crippen molar-refractivity contribution in [2.24, 2.45) is 0 Å².